The van der Waals surface area contributed by atoms with Crippen LogP contribution in [0.1, 0.15) is 23.6 Å². The van der Waals surface area contributed by atoms with Gasteiger partial charge in [0.05, 0.1) is 33.9 Å². The molecule has 1 fully saturated rings. The number of ether oxygens (including phenoxy) is 1. The molecule has 9 heteroatoms. The molecule has 188 valence electrons. The number of nitrogens with zero attached hydrogens (tertiary/aromatic N) is 3. The number of nitrogens with one attached hydrogen (secondary N) is 1. The second-order valence-electron chi connectivity index (χ2n) is 9.12. The number of β-amino-alcohol motifs (C(OH)–C–C–N with tert-alkyl or cyclic N) is 1. The normalized spacial score (nSPS) is 17.7. The molecular weight excluding hydrogens is 464 g/mol. The fourth-order valence-electron chi connectivity index (χ4n) is 4.31. The minimum absolute atomic E-state index is 0.0957. The number of aliphatic hydroxyl groups is 2. The number of amides is 1. The highest BCUT2D eigenvalue weighted by Gasteiger charge is 2.23. The number of carbonyl (C=O) groups excluding carboxylic acids is 1. The van der Waals surface area contributed by atoms with E-state index in [1.54, 1.807) is 11.3 Å². The summed E-state index contributed by atoms with van der Waals surface area (Å²) in [5, 5.41) is 24.8. The van der Waals surface area contributed by atoms with Crippen molar-refractivity contribution in [1.29, 1.82) is 0 Å². The second kappa shape index (κ2) is 11.9. The third kappa shape index (κ3) is 7.22. The maximum atomic E-state index is 12.5. The highest BCUT2D eigenvalue weighted by molar-refractivity contribution is 7.18. The third-order valence-electron chi connectivity index (χ3n) is 6.21. The van der Waals surface area contributed by atoms with Gasteiger partial charge in [-0.15, -0.1) is 11.3 Å². The van der Waals surface area contributed by atoms with E-state index in [0.717, 1.165) is 47.0 Å². The van der Waals surface area contributed by atoms with Gasteiger partial charge in [-0.2, -0.15) is 0 Å². The lowest BCUT2D eigenvalue weighted by molar-refractivity contribution is -0.124. The highest BCUT2D eigenvalue weighted by Crippen LogP contribution is 2.25. The number of aromatic nitrogens is 1. The summed E-state index contributed by atoms with van der Waals surface area (Å²) < 4.78 is 6.92. The number of aryl methyl sites for hydroxylation is 1. The Morgan fingerprint density at radius 1 is 1.11 bits per heavy atom. The van der Waals surface area contributed by atoms with Gasteiger partial charge in [-0.1, -0.05) is 30.3 Å². The molecule has 0 spiro atoms. The SMILES string of the molecule is Cc1nc2cc(OCC(O)CN3CCN(CC(=O)NC(C)C(O)c4ccccc4)CC3)ccc2s1. The molecule has 0 aliphatic carbocycles. The molecule has 3 aromatic rings. The van der Waals surface area contributed by atoms with Crippen LogP contribution in [0.25, 0.3) is 10.2 Å². The number of benzene rings is 2. The zero-order chi connectivity index (χ0) is 24.8. The summed E-state index contributed by atoms with van der Waals surface area (Å²) in [6, 6.07) is 14.8. The Morgan fingerprint density at radius 3 is 2.57 bits per heavy atom. The summed E-state index contributed by atoms with van der Waals surface area (Å²) in [5.74, 6) is 0.617. The van der Waals surface area contributed by atoms with Gasteiger partial charge < -0.3 is 20.3 Å². The van der Waals surface area contributed by atoms with Crippen molar-refractivity contribution in [2.75, 3.05) is 45.9 Å². The Balaban J connectivity index is 1.14. The molecule has 1 amide bonds. The van der Waals surface area contributed by atoms with Crippen LogP contribution in [0.4, 0.5) is 0 Å². The van der Waals surface area contributed by atoms with Crippen molar-refractivity contribution in [2.45, 2.75) is 32.1 Å². The summed E-state index contributed by atoms with van der Waals surface area (Å²) in [6.45, 7) is 7.88. The largest absolute Gasteiger partial charge is 0.491 e. The van der Waals surface area contributed by atoms with Gasteiger partial charge in [-0.05, 0) is 31.5 Å². The van der Waals surface area contributed by atoms with E-state index in [4.69, 9.17) is 4.74 Å². The van der Waals surface area contributed by atoms with E-state index in [1.165, 1.54) is 0 Å². The van der Waals surface area contributed by atoms with Crippen LogP contribution in [0.15, 0.2) is 48.5 Å². The lowest BCUT2D eigenvalue weighted by Gasteiger charge is -2.35. The van der Waals surface area contributed by atoms with E-state index >= 15 is 0 Å². The van der Waals surface area contributed by atoms with Crippen LogP contribution in [0.2, 0.25) is 0 Å². The summed E-state index contributed by atoms with van der Waals surface area (Å²) in [6.07, 6.45) is -1.34. The van der Waals surface area contributed by atoms with E-state index in [-0.39, 0.29) is 18.6 Å². The number of thiazole rings is 1. The first kappa shape index (κ1) is 25.5. The molecule has 2 aromatic carbocycles. The lowest BCUT2D eigenvalue weighted by atomic mass is 10.0. The molecular formula is C26H34N4O4S. The number of rotatable bonds is 10. The molecule has 1 aliphatic heterocycles. The zero-order valence-electron chi connectivity index (χ0n) is 20.3. The Morgan fingerprint density at radius 2 is 1.83 bits per heavy atom. The van der Waals surface area contributed by atoms with Crippen molar-refractivity contribution < 1.29 is 19.7 Å². The van der Waals surface area contributed by atoms with Crippen molar-refractivity contribution in [3.05, 3.63) is 59.1 Å². The first-order valence-corrected chi connectivity index (χ1v) is 12.8. The monoisotopic (exact) mass is 498 g/mol. The fourth-order valence-corrected chi connectivity index (χ4v) is 5.11. The Hall–Kier alpha value is -2.56. The molecule has 1 aromatic heterocycles. The molecule has 1 saturated heterocycles. The summed E-state index contributed by atoms with van der Waals surface area (Å²) in [5.41, 5.74) is 1.71. The first-order chi connectivity index (χ1) is 16.9. The number of piperazine rings is 1. The van der Waals surface area contributed by atoms with Gasteiger partial charge in [0.1, 0.15) is 18.5 Å². The van der Waals surface area contributed by atoms with Crippen molar-refractivity contribution in [1.82, 2.24) is 20.1 Å². The molecule has 1 aliphatic rings. The summed E-state index contributed by atoms with van der Waals surface area (Å²) in [7, 11) is 0. The molecule has 8 nitrogen and oxygen atoms in total. The lowest BCUT2D eigenvalue weighted by Crippen LogP contribution is -2.52. The molecule has 2 heterocycles. The van der Waals surface area contributed by atoms with Gasteiger partial charge >= 0.3 is 0 Å². The van der Waals surface area contributed by atoms with Crippen molar-refractivity contribution in [3.63, 3.8) is 0 Å². The topological polar surface area (TPSA) is 98.2 Å². The summed E-state index contributed by atoms with van der Waals surface area (Å²) >= 11 is 1.65. The van der Waals surface area contributed by atoms with Gasteiger partial charge in [-0.25, -0.2) is 4.98 Å². The van der Waals surface area contributed by atoms with Crippen LogP contribution < -0.4 is 10.1 Å². The van der Waals surface area contributed by atoms with Crippen LogP contribution in [0, 0.1) is 6.92 Å². The van der Waals surface area contributed by atoms with Gasteiger partial charge in [0, 0.05) is 38.8 Å². The van der Waals surface area contributed by atoms with Crippen LogP contribution in [0.3, 0.4) is 0 Å². The Bertz CT molecular complexity index is 1100. The zero-order valence-corrected chi connectivity index (χ0v) is 21.1. The molecule has 4 rings (SSSR count). The smallest absolute Gasteiger partial charge is 0.234 e. The van der Waals surface area contributed by atoms with Crippen LogP contribution in [-0.2, 0) is 4.79 Å². The Labute approximate surface area is 210 Å². The number of aliphatic hydroxyl groups excluding tert-OH is 2. The number of fused-ring (bicyclic) bond motifs is 1. The van der Waals surface area contributed by atoms with Crippen LogP contribution >= 0.6 is 11.3 Å². The number of hydrogen-bond donors (Lipinski definition) is 3. The second-order valence-corrected chi connectivity index (χ2v) is 10.4. The van der Waals surface area contributed by atoms with Crippen molar-refractivity contribution in [3.8, 4) is 5.75 Å². The first-order valence-electron chi connectivity index (χ1n) is 12.0. The average molecular weight is 499 g/mol. The van der Waals surface area contributed by atoms with Gasteiger partial charge in [0.2, 0.25) is 5.91 Å². The van der Waals surface area contributed by atoms with Gasteiger partial charge in [-0.3, -0.25) is 14.6 Å². The molecule has 3 unspecified atom stereocenters. The van der Waals surface area contributed by atoms with Gasteiger partial charge in [0.25, 0.3) is 0 Å². The maximum absolute atomic E-state index is 12.5. The average Bonchev–Trinajstić information content (AvgIpc) is 3.23. The summed E-state index contributed by atoms with van der Waals surface area (Å²) in [4.78, 5) is 21.3. The molecule has 3 atom stereocenters. The quantitative estimate of drug-likeness (QED) is 0.394. The van der Waals surface area contributed by atoms with Crippen molar-refractivity contribution in [2.24, 2.45) is 0 Å². The number of carbonyl (C=O) groups is 1. The minimum atomic E-state index is -0.742. The van der Waals surface area contributed by atoms with E-state index < -0.39 is 12.2 Å². The fraction of sp³-hybridized carbons (Fsp3) is 0.462. The molecule has 0 saturated carbocycles. The van der Waals surface area contributed by atoms with E-state index in [0.29, 0.717) is 18.8 Å². The maximum Gasteiger partial charge on any atom is 0.234 e. The predicted molar refractivity (Wildman–Crippen MR) is 138 cm³/mol. The van der Waals surface area contributed by atoms with E-state index in [1.807, 2.05) is 62.4 Å². The highest BCUT2D eigenvalue weighted by atomic mass is 32.1. The molecule has 35 heavy (non-hydrogen) atoms. The van der Waals surface area contributed by atoms with E-state index in [9.17, 15) is 15.0 Å². The number of hydrogen-bond acceptors (Lipinski definition) is 8. The minimum Gasteiger partial charge on any atom is -0.491 e. The van der Waals surface area contributed by atoms with Crippen LogP contribution in [0.5, 0.6) is 5.75 Å². The van der Waals surface area contributed by atoms with Gasteiger partial charge in [0.15, 0.2) is 0 Å². The predicted octanol–water partition coefficient (Wildman–Crippen LogP) is 2.20. The Kier molecular flexibility index (Phi) is 8.69. The third-order valence-corrected chi connectivity index (χ3v) is 7.16. The standard InChI is InChI=1S/C26H34N4O4S/c1-18(26(33)20-6-4-3-5-7-20)27-25(32)16-30-12-10-29(11-13-30)15-21(31)17-34-22-8-9-24-23(14-22)28-19(2)35-24/h3-9,14,18,21,26,31,33H,10-13,15-17H2,1-2H3,(H,27,32). The molecule has 0 radical (unpaired) electrons. The van der Waals surface area contributed by atoms with Crippen LogP contribution in [-0.4, -0.2) is 88.9 Å². The molecule has 3 N–H and O–H groups in total. The van der Waals surface area contributed by atoms with E-state index in [2.05, 4.69) is 20.1 Å². The molecule has 0 bridgehead atoms. The van der Waals surface area contributed by atoms with Crippen molar-refractivity contribution >= 4 is 27.5 Å².